The predicted octanol–water partition coefficient (Wildman–Crippen LogP) is 15.5. The molecule has 0 spiro atoms. The van der Waals surface area contributed by atoms with E-state index in [9.17, 15) is 0 Å². The van der Waals surface area contributed by atoms with E-state index in [4.69, 9.17) is 17.0 Å². The second-order valence-electron chi connectivity index (χ2n) is 15.7. The zero-order chi connectivity index (χ0) is 37.2. The molecule has 0 atom stereocenters. The third-order valence-electron chi connectivity index (χ3n) is 8.95. The van der Waals surface area contributed by atoms with Crippen LogP contribution in [0.4, 0.5) is 0 Å². The zero-order valence-electron chi connectivity index (χ0n) is 32.3. The fourth-order valence-electron chi connectivity index (χ4n) is 6.28. The van der Waals surface area contributed by atoms with E-state index in [0.717, 1.165) is 9.52 Å². The summed E-state index contributed by atoms with van der Waals surface area (Å²) in [7, 11) is 11.0. The predicted molar refractivity (Wildman–Crippen MR) is 225 cm³/mol. The van der Waals surface area contributed by atoms with Crippen molar-refractivity contribution in [3.63, 3.8) is 0 Å². The Morgan fingerprint density at radius 1 is 0.540 bits per heavy atom. The molecule has 0 nitrogen and oxygen atoms in total. The van der Waals surface area contributed by atoms with Gasteiger partial charge in [-0.05, 0) is 33.8 Å². The van der Waals surface area contributed by atoms with Crippen molar-refractivity contribution >= 4 is 48.1 Å². The van der Waals surface area contributed by atoms with Gasteiger partial charge in [-0.1, -0.05) is 165 Å². The SMILES string of the molecule is CC(C)c1ccc2[cH-]c(C(C)(C)C)cc2c1-c1ccccc1.CC(C)c1ccc2[cH-]c(C(C)(C)C)cc2c1-c1ccccc1.C[Si]C.[Cl][Zr+2][Cl]. The van der Waals surface area contributed by atoms with Crippen LogP contribution in [-0.4, -0.2) is 9.52 Å². The molecule has 6 aromatic carbocycles. The quantitative estimate of drug-likeness (QED) is 0.123. The van der Waals surface area contributed by atoms with E-state index in [1.807, 2.05) is 0 Å². The van der Waals surface area contributed by atoms with Gasteiger partial charge in [-0.2, -0.15) is 12.1 Å². The number of halogens is 2. The van der Waals surface area contributed by atoms with Crippen LogP contribution in [0.25, 0.3) is 43.8 Å². The minimum atomic E-state index is -0.826. The number of hydrogen-bond acceptors (Lipinski definition) is 0. The molecule has 0 aliphatic rings. The molecule has 0 aliphatic heterocycles. The van der Waals surface area contributed by atoms with E-state index < -0.39 is 20.8 Å². The number of rotatable bonds is 4. The van der Waals surface area contributed by atoms with Gasteiger partial charge in [-0.3, -0.25) is 0 Å². The molecule has 0 N–H and O–H groups in total. The number of hydrogen-bond donors (Lipinski definition) is 0. The van der Waals surface area contributed by atoms with Gasteiger partial charge in [0.15, 0.2) is 0 Å². The average Bonchev–Trinajstić information content (AvgIpc) is 3.71. The molecule has 0 aliphatic carbocycles. The summed E-state index contributed by atoms with van der Waals surface area (Å²) in [4.78, 5) is 0. The number of benzene rings is 4. The fourth-order valence-corrected chi connectivity index (χ4v) is 6.28. The van der Waals surface area contributed by atoms with E-state index in [0.29, 0.717) is 11.8 Å². The fraction of sp³-hybridized carbons (Fsp3) is 0.348. The molecular weight excluding hydrogens is 743 g/mol. The van der Waals surface area contributed by atoms with Crippen molar-refractivity contribution in [1.29, 1.82) is 0 Å². The van der Waals surface area contributed by atoms with Gasteiger partial charge >= 0.3 is 37.9 Å². The van der Waals surface area contributed by atoms with Gasteiger partial charge in [0.2, 0.25) is 0 Å². The van der Waals surface area contributed by atoms with E-state index >= 15 is 0 Å². The molecule has 4 heteroatoms. The Labute approximate surface area is 325 Å². The van der Waals surface area contributed by atoms with Crippen LogP contribution in [0.15, 0.2) is 109 Å². The molecule has 0 amide bonds. The summed E-state index contributed by atoms with van der Waals surface area (Å²) < 4.78 is 0. The molecule has 6 rings (SSSR count). The Balaban J connectivity index is 0.000000234. The summed E-state index contributed by atoms with van der Waals surface area (Å²) in [6.07, 6.45) is 0. The standard InChI is InChI=1S/2C22H25.C2H6Si.2ClH.Zr/c2*1-15(2)19-12-11-17-13-18(22(3,4)5)14-20(17)21(19)16-9-7-6-8-10-16;1-3-2;;;/h2*6-15H,1-5H3;1-2H3;2*1H;/q2*-1;;;;+4/p-2. The molecule has 0 saturated carbocycles. The molecule has 2 radical (unpaired) electrons. The summed E-state index contributed by atoms with van der Waals surface area (Å²) in [5.41, 5.74) is 11.5. The Kier molecular flexibility index (Phi) is 16.1. The minimum absolute atomic E-state index is 0.185. The van der Waals surface area contributed by atoms with Crippen molar-refractivity contribution < 1.29 is 20.8 Å². The molecule has 0 bridgehead atoms. The Bertz CT molecular complexity index is 1760. The van der Waals surface area contributed by atoms with E-state index in [2.05, 4.69) is 192 Å². The number of fused-ring (bicyclic) bond motifs is 2. The normalized spacial score (nSPS) is 11.4. The summed E-state index contributed by atoms with van der Waals surface area (Å²) in [5.74, 6) is 1.04. The molecule has 50 heavy (non-hydrogen) atoms. The molecule has 0 unspecified atom stereocenters. The van der Waals surface area contributed by atoms with Crippen molar-refractivity contribution in [3.8, 4) is 22.3 Å². The second kappa shape index (κ2) is 19.0. The summed E-state index contributed by atoms with van der Waals surface area (Å²) in [6, 6.07) is 40.3. The van der Waals surface area contributed by atoms with Crippen LogP contribution in [-0.2, 0) is 31.7 Å². The summed E-state index contributed by atoms with van der Waals surface area (Å²) in [5, 5.41) is 5.49. The first-order chi connectivity index (χ1) is 23.6. The zero-order valence-corrected chi connectivity index (χ0v) is 37.3. The van der Waals surface area contributed by atoms with Crippen molar-refractivity contribution in [3.05, 3.63) is 131 Å². The topological polar surface area (TPSA) is 0 Å². The van der Waals surface area contributed by atoms with Gasteiger partial charge in [0.1, 0.15) is 0 Å². The van der Waals surface area contributed by atoms with Crippen LogP contribution in [0, 0.1) is 0 Å². The maximum atomic E-state index is 4.93. The van der Waals surface area contributed by atoms with Crippen LogP contribution in [0.2, 0.25) is 13.1 Å². The van der Waals surface area contributed by atoms with Crippen molar-refractivity contribution in [1.82, 2.24) is 0 Å². The van der Waals surface area contributed by atoms with Gasteiger partial charge in [0, 0.05) is 9.52 Å². The van der Waals surface area contributed by atoms with Crippen LogP contribution in [0.1, 0.15) is 103 Å². The molecule has 6 aromatic rings. The average molecular weight is 799 g/mol. The second-order valence-corrected chi connectivity index (χ2v) is 20.4. The molecule has 0 heterocycles. The first-order valence-electron chi connectivity index (χ1n) is 17.7. The van der Waals surface area contributed by atoms with Gasteiger partial charge in [-0.25, -0.2) is 0 Å². The molecular formula is C46H56Cl2SiZr. The molecule has 0 saturated heterocycles. The van der Waals surface area contributed by atoms with Gasteiger partial charge < -0.3 is 0 Å². The third-order valence-corrected chi connectivity index (χ3v) is 8.95. The van der Waals surface area contributed by atoms with Crippen molar-refractivity contribution in [2.75, 3.05) is 0 Å². The molecule has 0 aromatic heterocycles. The summed E-state index contributed by atoms with van der Waals surface area (Å²) in [6.45, 7) is 27.1. The van der Waals surface area contributed by atoms with Crippen LogP contribution >= 0.6 is 17.0 Å². The third kappa shape index (κ3) is 10.9. The van der Waals surface area contributed by atoms with Gasteiger partial charge in [0.25, 0.3) is 0 Å². The van der Waals surface area contributed by atoms with Crippen LogP contribution in [0.3, 0.4) is 0 Å². The van der Waals surface area contributed by atoms with Crippen molar-refractivity contribution in [2.45, 2.75) is 105 Å². The van der Waals surface area contributed by atoms with Crippen LogP contribution in [0.5, 0.6) is 0 Å². The van der Waals surface area contributed by atoms with Gasteiger partial charge in [-0.15, -0.1) is 69.1 Å². The van der Waals surface area contributed by atoms with E-state index in [-0.39, 0.29) is 10.8 Å². The Morgan fingerprint density at radius 2 is 0.840 bits per heavy atom. The summed E-state index contributed by atoms with van der Waals surface area (Å²) >= 11 is -0.826. The van der Waals surface area contributed by atoms with Crippen molar-refractivity contribution in [2.24, 2.45) is 0 Å². The Morgan fingerprint density at radius 3 is 1.10 bits per heavy atom. The molecule has 0 fully saturated rings. The monoisotopic (exact) mass is 796 g/mol. The Hall–Kier alpha value is -2.22. The van der Waals surface area contributed by atoms with E-state index in [1.54, 1.807) is 0 Å². The molecule has 262 valence electrons. The first kappa shape index (κ1) is 42.2. The van der Waals surface area contributed by atoms with Gasteiger partial charge in [0.05, 0.1) is 0 Å². The first-order valence-corrected chi connectivity index (χ1v) is 26.0. The van der Waals surface area contributed by atoms with E-state index in [1.165, 1.54) is 66.1 Å². The van der Waals surface area contributed by atoms with Crippen LogP contribution < -0.4 is 0 Å². The maximum absolute atomic E-state index is 4.93.